The van der Waals surface area contributed by atoms with E-state index in [4.69, 9.17) is 14.0 Å². The summed E-state index contributed by atoms with van der Waals surface area (Å²) in [5, 5.41) is 16.3. The highest BCUT2D eigenvalue weighted by atomic mass is 16.6. The highest BCUT2D eigenvalue weighted by Gasteiger charge is 2.51. The molecular weight excluding hydrogens is 484 g/mol. The van der Waals surface area contributed by atoms with Crippen LogP contribution in [-0.4, -0.2) is 29.4 Å². The molecule has 0 spiro atoms. The second-order valence-corrected chi connectivity index (χ2v) is 9.46. The second-order valence-electron chi connectivity index (χ2n) is 9.46. The molecular formula is C30H28N2O6. The maximum absolute atomic E-state index is 12.7. The van der Waals surface area contributed by atoms with Gasteiger partial charge in [0.05, 0.1) is 12.5 Å². The number of aliphatic carboxylic acids is 1. The lowest BCUT2D eigenvalue weighted by Gasteiger charge is -2.15. The van der Waals surface area contributed by atoms with E-state index >= 15 is 0 Å². The molecule has 4 aromatic rings. The third-order valence-electron chi connectivity index (χ3n) is 7.04. The van der Waals surface area contributed by atoms with Gasteiger partial charge in [-0.25, -0.2) is 4.79 Å². The molecule has 1 aromatic heterocycles. The number of amides is 1. The van der Waals surface area contributed by atoms with E-state index in [9.17, 15) is 14.7 Å². The van der Waals surface area contributed by atoms with Gasteiger partial charge in [-0.3, -0.25) is 10.1 Å². The molecule has 194 valence electrons. The Balaban J connectivity index is 1.28. The first-order valence-electron chi connectivity index (χ1n) is 12.3. The number of hydrogen-bond acceptors (Lipinski definition) is 6. The molecule has 0 unspecified atom stereocenters. The number of carboxylic acids is 1. The minimum atomic E-state index is -0.763. The summed E-state index contributed by atoms with van der Waals surface area (Å²) in [5.41, 5.74) is 4.62. The van der Waals surface area contributed by atoms with E-state index < -0.39 is 23.6 Å². The Labute approximate surface area is 220 Å². The summed E-state index contributed by atoms with van der Waals surface area (Å²) in [6, 6.07) is 22.7. The second kappa shape index (κ2) is 10.0. The number of ether oxygens (including phenoxy) is 2. The minimum Gasteiger partial charge on any atom is -0.497 e. The number of nitrogens with zero attached hydrogens (tertiary/aromatic N) is 1. The molecule has 3 aromatic carbocycles. The SMILES string of the molecule is COc1ccc([C@@H](C)OC(=O)Nc2c(C)noc2-c2ccc(-c3ccc(C4(C(=O)O)CC4)cc3)cc2)cc1. The quantitative estimate of drug-likeness (QED) is 0.269. The van der Waals surface area contributed by atoms with Crippen LogP contribution in [0.5, 0.6) is 5.75 Å². The van der Waals surface area contributed by atoms with Crippen molar-refractivity contribution in [3.8, 4) is 28.2 Å². The van der Waals surface area contributed by atoms with Crippen LogP contribution >= 0.6 is 0 Å². The number of rotatable bonds is 8. The molecule has 1 atom stereocenters. The number of hydrogen-bond donors (Lipinski definition) is 2. The summed E-state index contributed by atoms with van der Waals surface area (Å²) in [6.07, 6.45) is 0.266. The topological polar surface area (TPSA) is 111 Å². The van der Waals surface area contributed by atoms with Crippen LogP contribution < -0.4 is 10.1 Å². The van der Waals surface area contributed by atoms with Crippen molar-refractivity contribution in [2.75, 3.05) is 12.4 Å². The number of anilines is 1. The summed E-state index contributed by atoms with van der Waals surface area (Å²) in [7, 11) is 1.60. The molecule has 38 heavy (non-hydrogen) atoms. The third-order valence-corrected chi connectivity index (χ3v) is 7.04. The van der Waals surface area contributed by atoms with Crippen LogP contribution in [0.4, 0.5) is 10.5 Å². The number of aromatic nitrogens is 1. The Morgan fingerprint density at radius 2 is 1.53 bits per heavy atom. The smallest absolute Gasteiger partial charge is 0.412 e. The van der Waals surface area contributed by atoms with Gasteiger partial charge < -0.3 is 19.1 Å². The predicted octanol–water partition coefficient (Wildman–Crippen LogP) is 6.75. The standard InChI is InChI=1S/C30H28N2O6/c1-18-26(31-29(35)37-19(2)20-10-14-25(36-3)15-11-20)27(38-32-18)23-6-4-21(5-7-23)22-8-12-24(13-9-22)30(16-17-30)28(33)34/h4-15,19H,16-17H2,1-3H3,(H,31,35)(H,33,34)/t19-/m1/s1. The molecule has 1 aliphatic carbocycles. The average molecular weight is 513 g/mol. The number of carbonyl (C=O) groups is 2. The summed E-state index contributed by atoms with van der Waals surface area (Å²) in [6.45, 7) is 3.54. The first-order chi connectivity index (χ1) is 18.3. The van der Waals surface area contributed by atoms with E-state index in [-0.39, 0.29) is 0 Å². The zero-order valence-corrected chi connectivity index (χ0v) is 21.4. The van der Waals surface area contributed by atoms with E-state index in [0.717, 1.165) is 33.6 Å². The van der Waals surface area contributed by atoms with Gasteiger partial charge in [0, 0.05) is 5.56 Å². The molecule has 8 nitrogen and oxygen atoms in total. The number of carboxylic acid groups (broad SMARTS) is 1. The fourth-order valence-corrected chi connectivity index (χ4v) is 4.50. The van der Waals surface area contributed by atoms with E-state index in [1.165, 1.54) is 0 Å². The van der Waals surface area contributed by atoms with Crippen LogP contribution in [0, 0.1) is 6.92 Å². The van der Waals surface area contributed by atoms with Crippen molar-refractivity contribution in [3.05, 3.63) is 89.6 Å². The summed E-state index contributed by atoms with van der Waals surface area (Å²) < 4.78 is 16.3. The molecule has 0 saturated heterocycles. The lowest BCUT2D eigenvalue weighted by Crippen LogP contribution is -2.19. The summed E-state index contributed by atoms with van der Waals surface area (Å²) in [5.74, 6) is 0.388. The third kappa shape index (κ3) is 4.85. The normalized spacial score (nSPS) is 14.4. The monoisotopic (exact) mass is 512 g/mol. The van der Waals surface area contributed by atoms with Crippen molar-refractivity contribution in [1.29, 1.82) is 0 Å². The maximum Gasteiger partial charge on any atom is 0.412 e. The van der Waals surface area contributed by atoms with Crippen molar-refractivity contribution in [2.24, 2.45) is 0 Å². The van der Waals surface area contributed by atoms with E-state index in [2.05, 4.69) is 10.5 Å². The van der Waals surface area contributed by atoms with Crippen LogP contribution in [0.15, 0.2) is 77.3 Å². The molecule has 1 heterocycles. The molecule has 1 amide bonds. The Bertz CT molecular complexity index is 1450. The van der Waals surface area contributed by atoms with Crippen molar-refractivity contribution in [3.63, 3.8) is 0 Å². The van der Waals surface area contributed by atoms with Crippen molar-refractivity contribution in [2.45, 2.75) is 38.2 Å². The molecule has 1 saturated carbocycles. The maximum atomic E-state index is 12.7. The van der Waals surface area contributed by atoms with Gasteiger partial charge in [-0.2, -0.15) is 0 Å². The lowest BCUT2D eigenvalue weighted by molar-refractivity contribution is -0.140. The van der Waals surface area contributed by atoms with Gasteiger partial charge in [0.25, 0.3) is 0 Å². The number of aryl methyl sites for hydroxylation is 1. The number of carbonyl (C=O) groups excluding carboxylic acids is 1. The predicted molar refractivity (Wildman–Crippen MR) is 142 cm³/mol. The van der Waals surface area contributed by atoms with Gasteiger partial charge in [0.15, 0.2) is 5.76 Å². The van der Waals surface area contributed by atoms with Crippen molar-refractivity contribution in [1.82, 2.24) is 5.16 Å². The Morgan fingerprint density at radius 3 is 2.08 bits per heavy atom. The Morgan fingerprint density at radius 1 is 0.947 bits per heavy atom. The average Bonchev–Trinajstić information content (AvgIpc) is 3.68. The molecule has 0 bridgehead atoms. The zero-order chi connectivity index (χ0) is 26.9. The van der Waals surface area contributed by atoms with Crippen LogP contribution in [0.3, 0.4) is 0 Å². The molecule has 8 heteroatoms. The number of methoxy groups -OCH3 is 1. The fourth-order valence-electron chi connectivity index (χ4n) is 4.50. The molecule has 0 aliphatic heterocycles. The van der Waals surface area contributed by atoms with Crippen LogP contribution in [0.2, 0.25) is 0 Å². The molecule has 1 fully saturated rings. The van der Waals surface area contributed by atoms with Crippen LogP contribution in [0.25, 0.3) is 22.5 Å². The van der Waals surface area contributed by atoms with Gasteiger partial charge in [0.1, 0.15) is 23.2 Å². The summed E-state index contributed by atoms with van der Waals surface area (Å²) in [4.78, 5) is 24.3. The Hall–Kier alpha value is -4.59. The van der Waals surface area contributed by atoms with Crippen LogP contribution in [-0.2, 0) is 14.9 Å². The van der Waals surface area contributed by atoms with Gasteiger partial charge in [-0.15, -0.1) is 0 Å². The van der Waals surface area contributed by atoms with Gasteiger partial charge in [-0.1, -0.05) is 65.8 Å². The first-order valence-corrected chi connectivity index (χ1v) is 12.3. The number of benzene rings is 3. The molecule has 2 N–H and O–H groups in total. The molecule has 5 rings (SSSR count). The van der Waals surface area contributed by atoms with Crippen molar-refractivity contribution >= 4 is 17.7 Å². The highest BCUT2D eigenvalue weighted by molar-refractivity contribution is 5.91. The largest absolute Gasteiger partial charge is 0.497 e. The van der Waals surface area contributed by atoms with Crippen molar-refractivity contribution < 1.29 is 28.7 Å². The Kier molecular flexibility index (Phi) is 6.63. The first kappa shape index (κ1) is 25.1. The highest BCUT2D eigenvalue weighted by Crippen LogP contribution is 2.48. The summed E-state index contributed by atoms with van der Waals surface area (Å²) >= 11 is 0. The van der Waals surface area contributed by atoms with E-state index in [1.807, 2.05) is 72.8 Å². The van der Waals surface area contributed by atoms with Gasteiger partial charge >= 0.3 is 12.1 Å². The minimum absolute atomic E-state index is 0.426. The van der Waals surface area contributed by atoms with Gasteiger partial charge in [-0.05, 0) is 61.1 Å². The lowest BCUT2D eigenvalue weighted by atomic mass is 9.93. The molecule has 0 radical (unpaired) electrons. The molecule has 1 aliphatic rings. The van der Waals surface area contributed by atoms with Crippen LogP contribution in [0.1, 0.15) is 42.7 Å². The fraction of sp³-hybridized carbons (Fsp3) is 0.233. The van der Waals surface area contributed by atoms with E-state index in [0.29, 0.717) is 30.0 Å². The zero-order valence-electron chi connectivity index (χ0n) is 21.4. The van der Waals surface area contributed by atoms with E-state index in [1.54, 1.807) is 21.0 Å². The number of nitrogens with one attached hydrogen (secondary N) is 1. The van der Waals surface area contributed by atoms with Gasteiger partial charge in [0.2, 0.25) is 0 Å².